The minimum Gasteiger partial charge on any atom is -0.489 e. The summed E-state index contributed by atoms with van der Waals surface area (Å²) in [5.41, 5.74) is 4.88. The first kappa shape index (κ1) is 23.7. The van der Waals surface area contributed by atoms with E-state index < -0.39 is 0 Å². The highest BCUT2D eigenvalue weighted by atomic mass is 16.5. The summed E-state index contributed by atoms with van der Waals surface area (Å²) in [6.07, 6.45) is 11.1. The zero-order valence-corrected chi connectivity index (χ0v) is 18.4. The summed E-state index contributed by atoms with van der Waals surface area (Å²) in [7, 11) is 2.75. The Morgan fingerprint density at radius 2 is 1.29 bits per heavy atom. The third-order valence-electron chi connectivity index (χ3n) is 4.87. The average Bonchev–Trinajstić information content (AvgIpc) is 2.64. The fraction of sp³-hybridized carbons (Fsp3) is 0.500. The summed E-state index contributed by atoms with van der Waals surface area (Å²) >= 11 is 0. The van der Waals surface area contributed by atoms with Crippen molar-refractivity contribution in [1.29, 1.82) is 0 Å². The number of carbonyl (C=O) groups excluding carboxylic acids is 2. The molecule has 154 valence electrons. The van der Waals surface area contributed by atoms with Gasteiger partial charge in [0, 0.05) is 11.1 Å². The molecule has 0 saturated carbocycles. The molecular formula is C24H34O4. The molecule has 0 saturated heterocycles. The van der Waals surface area contributed by atoms with Crippen molar-refractivity contribution in [2.75, 3.05) is 14.2 Å². The highest BCUT2D eigenvalue weighted by molar-refractivity contribution is 6.23. The van der Waals surface area contributed by atoms with E-state index in [4.69, 9.17) is 9.47 Å². The number of ether oxygens (including phenoxy) is 2. The van der Waals surface area contributed by atoms with E-state index in [1.807, 2.05) is 6.08 Å². The van der Waals surface area contributed by atoms with E-state index in [9.17, 15) is 9.59 Å². The summed E-state index contributed by atoms with van der Waals surface area (Å²) in [5, 5.41) is 0. The maximum Gasteiger partial charge on any atom is 0.228 e. The number of Topliss-reactive ketones (excluding diaryl/α,β-unsaturated/α-hetero) is 2. The van der Waals surface area contributed by atoms with Crippen LogP contribution in [-0.2, 0) is 19.1 Å². The monoisotopic (exact) mass is 386 g/mol. The van der Waals surface area contributed by atoms with Crippen LogP contribution in [-0.4, -0.2) is 25.8 Å². The van der Waals surface area contributed by atoms with Gasteiger partial charge in [-0.1, -0.05) is 34.9 Å². The molecular weight excluding hydrogens is 352 g/mol. The van der Waals surface area contributed by atoms with Gasteiger partial charge in [-0.15, -0.1) is 0 Å². The maximum absolute atomic E-state index is 12.6. The molecule has 0 aromatic rings. The number of methoxy groups -OCH3 is 2. The molecule has 0 aromatic carbocycles. The smallest absolute Gasteiger partial charge is 0.228 e. The molecule has 0 unspecified atom stereocenters. The van der Waals surface area contributed by atoms with Gasteiger partial charge in [0.05, 0.1) is 14.2 Å². The van der Waals surface area contributed by atoms with Crippen LogP contribution in [0.3, 0.4) is 0 Å². The lowest BCUT2D eigenvalue weighted by atomic mass is 9.90. The minimum absolute atomic E-state index is 0.00548. The van der Waals surface area contributed by atoms with Gasteiger partial charge >= 0.3 is 0 Å². The third kappa shape index (κ3) is 6.66. The lowest BCUT2D eigenvalue weighted by molar-refractivity contribution is -0.121. The third-order valence-corrected chi connectivity index (χ3v) is 4.87. The van der Waals surface area contributed by atoms with Gasteiger partial charge in [0.15, 0.2) is 0 Å². The van der Waals surface area contributed by atoms with Gasteiger partial charge in [0.1, 0.15) is 0 Å². The van der Waals surface area contributed by atoms with Crippen LogP contribution >= 0.6 is 0 Å². The van der Waals surface area contributed by atoms with E-state index in [0.29, 0.717) is 17.6 Å². The highest BCUT2D eigenvalue weighted by Gasteiger charge is 2.33. The van der Waals surface area contributed by atoms with Gasteiger partial charge in [-0.2, -0.15) is 0 Å². The number of allylic oxidation sites excluding steroid dienone is 8. The van der Waals surface area contributed by atoms with Gasteiger partial charge in [0.2, 0.25) is 23.1 Å². The van der Waals surface area contributed by atoms with Crippen LogP contribution in [0.5, 0.6) is 0 Å². The van der Waals surface area contributed by atoms with Gasteiger partial charge in [0.25, 0.3) is 0 Å². The van der Waals surface area contributed by atoms with Crippen molar-refractivity contribution < 1.29 is 19.1 Å². The molecule has 1 rings (SSSR count). The Bertz CT molecular complexity index is 753. The van der Waals surface area contributed by atoms with Crippen LogP contribution in [0.25, 0.3) is 0 Å². The topological polar surface area (TPSA) is 52.6 Å². The molecule has 0 heterocycles. The SMILES string of the molecule is COC1=C(OC)C(=O)C(C/C=C(\C)CC/C=C(\C)CCC=C(C)C)=C(C)C1=O. The molecule has 0 aromatic heterocycles. The van der Waals surface area contributed by atoms with Crippen LogP contribution in [0, 0.1) is 0 Å². The predicted molar refractivity (Wildman–Crippen MR) is 114 cm³/mol. The van der Waals surface area contributed by atoms with Gasteiger partial charge in [-0.05, 0) is 66.7 Å². The first-order valence-corrected chi connectivity index (χ1v) is 9.78. The molecule has 4 heteroatoms. The minimum atomic E-state index is -0.282. The standard InChI is InChI=1S/C24H34O4/c1-16(2)10-8-11-17(3)12-9-13-18(4)14-15-20-19(5)21(25)23(27-6)24(28-7)22(20)26/h10,12,14H,8-9,11,13,15H2,1-7H3/b17-12+,18-14+. The molecule has 0 spiro atoms. The van der Waals surface area contributed by atoms with Gasteiger partial charge in [-0.3, -0.25) is 9.59 Å². The number of carbonyl (C=O) groups is 2. The lowest BCUT2D eigenvalue weighted by Gasteiger charge is -2.19. The molecule has 1 aliphatic carbocycles. The van der Waals surface area contributed by atoms with E-state index in [1.165, 1.54) is 30.9 Å². The van der Waals surface area contributed by atoms with E-state index in [-0.39, 0.29) is 23.1 Å². The molecule has 0 atom stereocenters. The normalized spacial score (nSPS) is 16.0. The Morgan fingerprint density at radius 1 is 0.786 bits per heavy atom. The fourth-order valence-electron chi connectivity index (χ4n) is 3.05. The first-order chi connectivity index (χ1) is 13.2. The Morgan fingerprint density at radius 3 is 1.82 bits per heavy atom. The van der Waals surface area contributed by atoms with Crippen molar-refractivity contribution in [1.82, 2.24) is 0 Å². The second-order valence-electron chi connectivity index (χ2n) is 7.49. The van der Waals surface area contributed by atoms with Gasteiger partial charge < -0.3 is 9.47 Å². The first-order valence-electron chi connectivity index (χ1n) is 9.78. The Kier molecular flexibility index (Phi) is 9.70. The van der Waals surface area contributed by atoms with E-state index in [0.717, 1.165) is 25.7 Å². The van der Waals surface area contributed by atoms with Crippen LogP contribution in [0.4, 0.5) is 0 Å². The molecule has 0 aliphatic heterocycles. The van der Waals surface area contributed by atoms with Crippen molar-refractivity contribution in [2.45, 2.75) is 66.7 Å². The number of hydrogen-bond acceptors (Lipinski definition) is 4. The van der Waals surface area contributed by atoms with Crippen LogP contribution < -0.4 is 0 Å². The van der Waals surface area contributed by atoms with Crippen molar-refractivity contribution in [3.63, 3.8) is 0 Å². The number of ketones is 2. The molecule has 0 N–H and O–H groups in total. The van der Waals surface area contributed by atoms with E-state index in [2.05, 4.69) is 39.8 Å². The average molecular weight is 387 g/mol. The Hall–Kier alpha value is -2.36. The Balaban J connectivity index is 2.70. The number of rotatable bonds is 10. The lowest BCUT2D eigenvalue weighted by Crippen LogP contribution is -2.24. The summed E-state index contributed by atoms with van der Waals surface area (Å²) < 4.78 is 10.2. The molecule has 1 aliphatic rings. The van der Waals surface area contributed by atoms with Crippen LogP contribution in [0.1, 0.15) is 66.7 Å². The summed E-state index contributed by atoms with van der Waals surface area (Å²) in [4.78, 5) is 25.0. The predicted octanol–water partition coefficient (Wildman–Crippen LogP) is 5.77. The molecule has 4 nitrogen and oxygen atoms in total. The second-order valence-corrected chi connectivity index (χ2v) is 7.49. The largest absolute Gasteiger partial charge is 0.489 e. The second kappa shape index (κ2) is 11.5. The molecule has 0 amide bonds. The molecule has 28 heavy (non-hydrogen) atoms. The van der Waals surface area contributed by atoms with Crippen molar-refractivity contribution in [3.05, 3.63) is 57.6 Å². The highest BCUT2D eigenvalue weighted by Crippen LogP contribution is 2.28. The zero-order chi connectivity index (χ0) is 21.3. The fourth-order valence-corrected chi connectivity index (χ4v) is 3.05. The molecule has 0 fully saturated rings. The van der Waals surface area contributed by atoms with Crippen molar-refractivity contribution in [3.8, 4) is 0 Å². The van der Waals surface area contributed by atoms with E-state index >= 15 is 0 Å². The van der Waals surface area contributed by atoms with Crippen molar-refractivity contribution in [2.24, 2.45) is 0 Å². The summed E-state index contributed by atoms with van der Waals surface area (Å²) in [5.74, 6) is -0.567. The van der Waals surface area contributed by atoms with Crippen molar-refractivity contribution >= 4 is 11.6 Å². The van der Waals surface area contributed by atoms with Crippen LogP contribution in [0.2, 0.25) is 0 Å². The van der Waals surface area contributed by atoms with Crippen LogP contribution in [0.15, 0.2) is 57.6 Å². The number of hydrogen-bond donors (Lipinski definition) is 0. The zero-order valence-electron chi connectivity index (χ0n) is 18.4. The molecule has 0 bridgehead atoms. The van der Waals surface area contributed by atoms with Gasteiger partial charge in [-0.25, -0.2) is 0 Å². The van der Waals surface area contributed by atoms with E-state index in [1.54, 1.807) is 6.92 Å². The summed E-state index contributed by atoms with van der Waals surface area (Å²) in [6, 6.07) is 0. The Labute approximate surface area is 169 Å². The quantitative estimate of drug-likeness (QED) is 0.353. The molecule has 0 radical (unpaired) electrons. The maximum atomic E-state index is 12.6. The summed E-state index contributed by atoms with van der Waals surface area (Å²) in [6.45, 7) is 10.1.